The van der Waals surface area contributed by atoms with E-state index < -0.39 is 0 Å². The van der Waals surface area contributed by atoms with E-state index in [1.54, 1.807) is 18.2 Å². The van der Waals surface area contributed by atoms with Crippen molar-refractivity contribution in [3.05, 3.63) is 28.2 Å². The van der Waals surface area contributed by atoms with Gasteiger partial charge in [-0.2, -0.15) is 0 Å². The lowest BCUT2D eigenvalue weighted by atomic mass is 9.98. The number of anilines is 1. The Morgan fingerprint density at radius 1 is 1.35 bits per heavy atom. The highest BCUT2D eigenvalue weighted by molar-refractivity contribution is 6.36. The molecule has 0 aromatic heterocycles. The first kappa shape index (κ1) is 15.6. The number of hydrogen-bond donors (Lipinski definition) is 2. The molecule has 0 atom stereocenters. The number of aliphatic hydroxyl groups is 1. The number of benzene rings is 1. The first-order valence-corrected chi connectivity index (χ1v) is 7.42. The molecule has 0 saturated carbocycles. The van der Waals surface area contributed by atoms with Gasteiger partial charge in [-0.15, -0.1) is 0 Å². The summed E-state index contributed by atoms with van der Waals surface area (Å²) < 4.78 is 0. The predicted molar refractivity (Wildman–Crippen MR) is 81.3 cm³/mol. The van der Waals surface area contributed by atoms with Crippen molar-refractivity contribution >= 4 is 34.8 Å². The number of nitrogens with zero attached hydrogens (tertiary/aromatic N) is 1. The third-order valence-electron chi connectivity index (χ3n) is 3.54. The van der Waals surface area contributed by atoms with Gasteiger partial charge in [-0.25, -0.2) is 0 Å². The molecule has 4 nitrogen and oxygen atoms in total. The minimum Gasteiger partial charge on any atom is -0.396 e. The van der Waals surface area contributed by atoms with Crippen molar-refractivity contribution in [2.75, 3.05) is 31.6 Å². The summed E-state index contributed by atoms with van der Waals surface area (Å²) in [6.45, 7) is 2.26. The fourth-order valence-electron chi connectivity index (χ4n) is 2.31. The van der Waals surface area contributed by atoms with Crippen LogP contribution >= 0.6 is 23.2 Å². The quantitative estimate of drug-likeness (QED) is 0.897. The second kappa shape index (κ2) is 7.27. The van der Waals surface area contributed by atoms with Crippen LogP contribution in [-0.4, -0.2) is 42.2 Å². The van der Waals surface area contributed by atoms with Crippen molar-refractivity contribution in [2.45, 2.75) is 12.8 Å². The van der Waals surface area contributed by atoms with Crippen molar-refractivity contribution in [1.82, 2.24) is 4.90 Å². The van der Waals surface area contributed by atoms with Crippen LogP contribution in [0.4, 0.5) is 5.69 Å². The van der Waals surface area contributed by atoms with E-state index >= 15 is 0 Å². The van der Waals surface area contributed by atoms with E-state index in [0.29, 0.717) is 28.2 Å². The molecule has 0 radical (unpaired) electrons. The van der Waals surface area contributed by atoms with Gasteiger partial charge < -0.3 is 10.4 Å². The first-order valence-electron chi connectivity index (χ1n) is 6.66. The zero-order valence-electron chi connectivity index (χ0n) is 11.1. The molecule has 0 aliphatic carbocycles. The molecular formula is C14H18Cl2N2O2. The van der Waals surface area contributed by atoms with E-state index in [1.165, 1.54) is 0 Å². The van der Waals surface area contributed by atoms with Gasteiger partial charge in [0.25, 0.3) is 0 Å². The third-order valence-corrected chi connectivity index (χ3v) is 4.09. The Hall–Kier alpha value is -0.810. The molecular weight excluding hydrogens is 299 g/mol. The van der Waals surface area contributed by atoms with E-state index in [1.807, 2.05) is 0 Å². The summed E-state index contributed by atoms with van der Waals surface area (Å²) in [5.74, 6) is 0.289. The molecule has 6 heteroatoms. The lowest BCUT2D eigenvalue weighted by molar-refractivity contribution is -0.117. The van der Waals surface area contributed by atoms with E-state index in [-0.39, 0.29) is 12.5 Å². The van der Waals surface area contributed by atoms with Crippen LogP contribution in [-0.2, 0) is 4.79 Å². The average Bonchev–Trinajstić information content (AvgIpc) is 2.43. The SMILES string of the molecule is O=C(CN1CCC(CO)CC1)Nc1ccc(Cl)cc1Cl. The van der Waals surface area contributed by atoms with Crippen LogP contribution in [0, 0.1) is 5.92 Å². The molecule has 0 spiro atoms. The minimum atomic E-state index is -0.0864. The molecule has 1 aliphatic rings. The van der Waals surface area contributed by atoms with Gasteiger partial charge in [0.1, 0.15) is 0 Å². The van der Waals surface area contributed by atoms with Crippen molar-refractivity contribution in [2.24, 2.45) is 5.92 Å². The van der Waals surface area contributed by atoms with E-state index in [4.69, 9.17) is 28.3 Å². The maximum absolute atomic E-state index is 12.0. The highest BCUT2D eigenvalue weighted by Crippen LogP contribution is 2.25. The number of rotatable bonds is 4. The molecule has 1 aromatic rings. The number of piperidine rings is 1. The molecule has 1 fully saturated rings. The standard InChI is InChI=1S/C14H18Cl2N2O2/c15-11-1-2-13(12(16)7-11)17-14(20)8-18-5-3-10(9-19)4-6-18/h1-2,7,10,19H,3-6,8-9H2,(H,17,20). The lowest BCUT2D eigenvalue weighted by Gasteiger charge is -2.30. The summed E-state index contributed by atoms with van der Waals surface area (Å²) in [4.78, 5) is 14.1. The summed E-state index contributed by atoms with van der Waals surface area (Å²) in [7, 11) is 0. The van der Waals surface area contributed by atoms with Gasteiger partial charge in [-0.3, -0.25) is 9.69 Å². The zero-order valence-corrected chi connectivity index (χ0v) is 12.6. The van der Waals surface area contributed by atoms with Gasteiger partial charge in [0.2, 0.25) is 5.91 Å². The van der Waals surface area contributed by atoms with Crippen molar-refractivity contribution in [3.63, 3.8) is 0 Å². The van der Waals surface area contributed by atoms with Gasteiger partial charge in [-0.1, -0.05) is 23.2 Å². The largest absolute Gasteiger partial charge is 0.396 e. The fraction of sp³-hybridized carbons (Fsp3) is 0.500. The smallest absolute Gasteiger partial charge is 0.238 e. The summed E-state index contributed by atoms with van der Waals surface area (Å²) in [5, 5.41) is 12.8. The van der Waals surface area contributed by atoms with Gasteiger partial charge in [0, 0.05) is 11.6 Å². The summed E-state index contributed by atoms with van der Waals surface area (Å²) in [6.07, 6.45) is 1.87. The normalized spacial score (nSPS) is 17.1. The number of hydrogen-bond acceptors (Lipinski definition) is 3. The van der Waals surface area contributed by atoms with Crippen LogP contribution < -0.4 is 5.32 Å². The molecule has 1 aromatic carbocycles. The zero-order chi connectivity index (χ0) is 14.5. The summed E-state index contributed by atoms with van der Waals surface area (Å²) >= 11 is 11.8. The number of aliphatic hydroxyl groups excluding tert-OH is 1. The Morgan fingerprint density at radius 2 is 2.05 bits per heavy atom. The molecule has 2 N–H and O–H groups in total. The van der Waals surface area contributed by atoms with Gasteiger partial charge >= 0.3 is 0 Å². The molecule has 110 valence electrons. The van der Waals surface area contributed by atoms with Crippen LogP contribution in [0.3, 0.4) is 0 Å². The highest BCUT2D eigenvalue weighted by atomic mass is 35.5. The van der Waals surface area contributed by atoms with Gasteiger partial charge in [0.15, 0.2) is 0 Å². The fourth-order valence-corrected chi connectivity index (χ4v) is 2.77. The van der Waals surface area contributed by atoms with Crippen molar-refractivity contribution < 1.29 is 9.90 Å². The number of amides is 1. The highest BCUT2D eigenvalue weighted by Gasteiger charge is 2.20. The predicted octanol–water partition coefficient (Wildman–Crippen LogP) is 2.64. The number of halogens is 2. The minimum absolute atomic E-state index is 0.0864. The second-order valence-corrected chi connectivity index (χ2v) is 5.92. The van der Waals surface area contributed by atoms with E-state index in [2.05, 4.69) is 10.2 Å². The number of carbonyl (C=O) groups excluding carboxylic acids is 1. The molecule has 1 amide bonds. The molecule has 20 heavy (non-hydrogen) atoms. The van der Waals surface area contributed by atoms with Crippen LogP contribution in [0.15, 0.2) is 18.2 Å². The Kier molecular flexibility index (Phi) is 5.66. The molecule has 0 unspecified atom stereocenters. The summed E-state index contributed by atoms with van der Waals surface area (Å²) in [5.41, 5.74) is 0.575. The molecule has 1 aliphatic heterocycles. The topological polar surface area (TPSA) is 52.6 Å². The molecule has 1 heterocycles. The molecule has 1 saturated heterocycles. The number of carbonyl (C=O) groups is 1. The van der Waals surface area contributed by atoms with Gasteiger partial charge in [-0.05, 0) is 50.0 Å². The third kappa shape index (κ3) is 4.35. The number of nitrogens with one attached hydrogen (secondary N) is 1. The van der Waals surface area contributed by atoms with Crippen molar-refractivity contribution in [3.8, 4) is 0 Å². The first-order chi connectivity index (χ1) is 9.58. The van der Waals surface area contributed by atoms with Crippen molar-refractivity contribution in [1.29, 1.82) is 0 Å². The Morgan fingerprint density at radius 3 is 2.65 bits per heavy atom. The Balaban J connectivity index is 1.84. The van der Waals surface area contributed by atoms with E-state index in [9.17, 15) is 4.79 Å². The van der Waals surface area contributed by atoms with Crippen LogP contribution in [0.2, 0.25) is 10.0 Å². The average molecular weight is 317 g/mol. The molecule has 2 rings (SSSR count). The van der Waals surface area contributed by atoms with Crippen LogP contribution in [0.5, 0.6) is 0 Å². The monoisotopic (exact) mass is 316 g/mol. The van der Waals surface area contributed by atoms with E-state index in [0.717, 1.165) is 25.9 Å². The number of likely N-dealkylation sites (tertiary alicyclic amines) is 1. The second-order valence-electron chi connectivity index (χ2n) is 5.07. The Labute approximate surface area is 128 Å². The van der Waals surface area contributed by atoms with Crippen LogP contribution in [0.1, 0.15) is 12.8 Å². The Bertz CT molecular complexity index is 474. The summed E-state index contributed by atoms with van der Waals surface area (Å²) in [6, 6.07) is 4.99. The molecule has 0 bridgehead atoms. The van der Waals surface area contributed by atoms with Gasteiger partial charge in [0.05, 0.1) is 17.3 Å². The van der Waals surface area contributed by atoms with Crippen LogP contribution in [0.25, 0.3) is 0 Å². The maximum atomic E-state index is 12.0. The lowest BCUT2D eigenvalue weighted by Crippen LogP contribution is -2.39. The maximum Gasteiger partial charge on any atom is 0.238 e.